The van der Waals surface area contributed by atoms with E-state index < -0.39 is 10.0 Å². The van der Waals surface area contributed by atoms with Gasteiger partial charge >= 0.3 is 0 Å². The fourth-order valence-electron chi connectivity index (χ4n) is 1.21. The minimum atomic E-state index is -3.33. The zero-order valence-electron chi connectivity index (χ0n) is 9.86. The van der Waals surface area contributed by atoms with E-state index in [1.165, 1.54) is 6.92 Å². The van der Waals surface area contributed by atoms with Crippen molar-refractivity contribution in [3.8, 4) is 0 Å². The van der Waals surface area contributed by atoms with Crippen molar-refractivity contribution >= 4 is 21.6 Å². The van der Waals surface area contributed by atoms with Gasteiger partial charge in [-0.05, 0) is 31.5 Å². The lowest BCUT2D eigenvalue weighted by atomic mass is 10.2. The molecule has 0 aliphatic rings. The Morgan fingerprint density at radius 3 is 2.65 bits per heavy atom. The molecule has 1 amide bonds. The molecule has 0 aliphatic heterocycles. The Kier molecular flexibility index (Phi) is 4.65. The molecule has 0 atom stereocenters. The van der Waals surface area contributed by atoms with E-state index in [9.17, 15) is 13.2 Å². The van der Waals surface area contributed by atoms with Crippen molar-refractivity contribution in [2.75, 3.05) is 17.6 Å². The molecule has 2 N–H and O–H groups in total. The smallest absolute Gasteiger partial charge is 0.239 e. The Morgan fingerprint density at radius 1 is 1.35 bits per heavy atom. The predicted molar refractivity (Wildman–Crippen MR) is 67.3 cm³/mol. The third-order valence-electron chi connectivity index (χ3n) is 2.13. The summed E-state index contributed by atoms with van der Waals surface area (Å²) in [5.74, 6) is -0.419. The highest BCUT2D eigenvalue weighted by Crippen LogP contribution is 2.08. The Labute approximate surface area is 101 Å². The van der Waals surface area contributed by atoms with Gasteiger partial charge in [0.2, 0.25) is 15.9 Å². The summed E-state index contributed by atoms with van der Waals surface area (Å²) >= 11 is 0. The number of amides is 1. The maximum atomic E-state index is 11.4. The second kappa shape index (κ2) is 5.79. The molecule has 0 bridgehead atoms. The van der Waals surface area contributed by atoms with Crippen molar-refractivity contribution < 1.29 is 13.2 Å². The van der Waals surface area contributed by atoms with Gasteiger partial charge in [0.05, 0.1) is 12.3 Å². The molecule has 0 saturated carbocycles. The number of nitrogens with one attached hydrogen (secondary N) is 2. The lowest BCUT2D eigenvalue weighted by Crippen LogP contribution is -2.33. The molecule has 94 valence electrons. The van der Waals surface area contributed by atoms with Crippen LogP contribution >= 0.6 is 0 Å². The molecule has 6 heteroatoms. The van der Waals surface area contributed by atoms with Crippen molar-refractivity contribution in [3.63, 3.8) is 0 Å². The highest BCUT2D eigenvalue weighted by molar-refractivity contribution is 7.89. The molecule has 5 nitrogen and oxygen atoms in total. The van der Waals surface area contributed by atoms with E-state index in [1.807, 2.05) is 25.1 Å². The van der Waals surface area contributed by atoms with Crippen LogP contribution < -0.4 is 10.0 Å². The quantitative estimate of drug-likeness (QED) is 0.821. The molecule has 0 radical (unpaired) electrons. The first-order valence-electron chi connectivity index (χ1n) is 5.27. The van der Waals surface area contributed by atoms with E-state index in [4.69, 9.17) is 0 Å². The van der Waals surface area contributed by atoms with E-state index >= 15 is 0 Å². The first kappa shape index (κ1) is 13.7. The molecular formula is C11H16N2O3S. The number of carbonyl (C=O) groups excluding carboxylic acids is 1. The summed E-state index contributed by atoms with van der Waals surface area (Å²) in [6.45, 7) is 3.18. The molecule has 1 aromatic carbocycles. The van der Waals surface area contributed by atoms with Gasteiger partial charge in [0, 0.05) is 5.69 Å². The summed E-state index contributed by atoms with van der Waals surface area (Å²) in [5.41, 5.74) is 1.68. The molecule has 1 rings (SSSR count). The lowest BCUT2D eigenvalue weighted by Gasteiger charge is -2.07. The first-order chi connectivity index (χ1) is 7.93. The van der Waals surface area contributed by atoms with Crippen LogP contribution in [-0.2, 0) is 14.8 Å². The van der Waals surface area contributed by atoms with Crippen molar-refractivity contribution in [1.29, 1.82) is 0 Å². The highest BCUT2D eigenvalue weighted by Gasteiger charge is 2.09. The zero-order valence-corrected chi connectivity index (χ0v) is 10.7. The molecule has 0 unspecified atom stereocenters. The summed E-state index contributed by atoms with van der Waals surface area (Å²) < 4.78 is 24.4. The molecule has 0 fully saturated rings. The minimum Gasteiger partial charge on any atom is -0.325 e. The third-order valence-corrected chi connectivity index (χ3v) is 3.48. The molecule has 0 heterocycles. The third kappa shape index (κ3) is 4.97. The van der Waals surface area contributed by atoms with Crippen LogP contribution in [0.15, 0.2) is 24.3 Å². The predicted octanol–water partition coefficient (Wildman–Crippen LogP) is 0.873. The van der Waals surface area contributed by atoms with Gasteiger partial charge in [-0.15, -0.1) is 0 Å². The van der Waals surface area contributed by atoms with E-state index in [0.29, 0.717) is 5.69 Å². The summed E-state index contributed by atoms with van der Waals surface area (Å²) in [7, 11) is -3.33. The van der Waals surface area contributed by atoms with Crippen molar-refractivity contribution in [1.82, 2.24) is 4.72 Å². The van der Waals surface area contributed by atoms with Gasteiger partial charge in [0.15, 0.2) is 0 Å². The fourth-order valence-corrected chi connectivity index (χ4v) is 1.76. The van der Waals surface area contributed by atoms with Crippen LogP contribution in [0.2, 0.25) is 0 Å². The van der Waals surface area contributed by atoms with Gasteiger partial charge in [-0.2, -0.15) is 0 Å². The number of hydrogen-bond acceptors (Lipinski definition) is 3. The molecule has 0 aromatic heterocycles. The van der Waals surface area contributed by atoms with Crippen LogP contribution in [0, 0.1) is 6.92 Å². The van der Waals surface area contributed by atoms with Gasteiger partial charge < -0.3 is 5.32 Å². The van der Waals surface area contributed by atoms with Crippen LogP contribution in [-0.4, -0.2) is 26.6 Å². The minimum absolute atomic E-state index is 0.0370. The second-order valence-corrected chi connectivity index (χ2v) is 5.74. The number of anilines is 1. The SMILES string of the molecule is CCS(=O)(=O)NCC(=O)Nc1cccc(C)c1. The molecule has 0 saturated heterocycles. The van der Waals surface area contributed by atoms with Gasteiger partial charge in [0.1, 0.15) is 0 Å². The average molecular weight is 256 g/mol. The fraction of sp³-hybridized carbons (Fsp3) is 0.364. The Hall–Kier alpha value is -1.40. The number of benzene rings is 1. The van der Waals surface area contributed by atoms with Crippen LogP contribution in [0.1, 0.15) is 12.5 Å². The number of sulfonamides is 1. The lowest BCUT2D eigenvalue weighted by molar-refractivity contribution is -0.115. The molecule has 0 aliphatic carbocycles. The largest absolute Gasteiger partial charge is 0.325 e. The molecule has 1 aromatic rings. The summed E-state index contributed by atoms with van der Waals surface area (Å²) in [6, 6.07) is 7.29. The van der Waals surface area contributed by atoms with Gasteiger partial charge in [0.25, 0.3) is 0 Å². The maximum Gasteiger partial charge on any atom is 0.239 e. The van der Waals surface area contributed by atoms with Crippen molar-refractivity contribution in [2.24, 2.45) is 0 Å². The highest BCUT2D eigenvalue weighted by atomic mass is 32.2. The maximum absolute atomic E-state index is 11.4. The Morgan fingerprint density at radius 2 is 2.06 bits per heavy atom. The first-order valence-corrected chi connectivity index (χ1v) is 6.92. The zero-order chi connectivity index (χ0) is 12.9. The summed E-state index contributed by atoms with van der Waals surface area (Å²) in [5, 5.41) is 2.61. The summed E-state index contributed by atoms with van der Waals surface area (Å²) in [4.78, 5) is 11.4. The normalized spacial score (nSPS) is 11.2. The molecular weight excluding hydrogens is 240 g/mol. The van der Waals surface area contributed by atoms with Gasteiger partial charge in [-0.3, -0.25) is 4.79 Å². The van der Waals surface area contributed by atoms with E-state index in [0.717, 1.165) is 5.56 Å². The van der Waals surface area contributed by atoms with E-state index in [-0.39, 0.29) is 18.2 Å². The number of rotatable bonds is 5. The number of carbonyl (C=O) groups is 1. The van der Waals surface area contributed by atoms with Crippen LogP contribution in [0.25, 0.3) is 0 Å². The molecule has 17 heavy (non-hydrogen) atoms. The van der Waals surface area contributed by atoms with Crippen molar-refractivity contribution in [3.05, 3.63) is 29.8 Å². The topological polar surface area (TPSA) is 75.3 Å². The van der Waals surface area contributed by atoms with Crippen LogP contribution in [0.5, 0.6) is 0 Å². The summed E-state index contributed by atoms with van der Waals surface area (Å²) in [6.07, 6.45) is 0. The Balaban J connectivity index is 2.51. The number of aryl methyl sites for hydroxylation is 1. The average Bonchev–Trinajstić information content (AvgIpc) is 2.27. The van der Waals surface area contributed by atoms with Gasteiger partial charge in [-0.1, -0.05) is 12.1 Å². The van der Waals surface area contributed by atoms with Crippen LogP contribution in [0.3, 0.4) is 0 Å². The van der Waals surface area contributed by atoms with E-state index in [2.05, 4.69) is 10.0 Å². The van der Waals surface area contributed by atoms with Crippen molar-refractivity contribution in [2.45, 2.75) is 13.8 Å². The number of hydrogen-bond donors (Lipinski definition) is 2. The molecule has 0 spiro atoms. The second-order valence-electron chi connectivity index (χ2n) is 3.64. The van der Waals surface area contributed by atoms with E-state index in [1.54, 1.807) is 6.07 Å². The standard InChI is InChI=1S/C11H16N2O3S/c1-3-17(15,16)12-8-11(14)13-10-6-4-5-9(2)7-10/h4-7,12H,3,8H2,1-2H3,(H,13,14). The van der Waals surface area contributed by atoms with Gasteiger partial charge in [-0.25, -0.2) is 13.1 Å². The van der Waals surface area contributed by atoms with Crippen LogP contribution in [0.4, 0.5) is 5.69 Å². The monoisotopic (exact) mass is 256 g/mol. The Bertz CT molecular complexity index is 497.